The predicted molar refractivity (Wildman–Crippen MR) is 119 cm³/mol. The highest BCUT2D eigenvalue weighted by molar-refractivity contribution is 6.03. The average molecular weight is 422 g/mol. The summed E-state index contributed by atoms with van der Waals surface area (Å²) in [6, 6.07) is 15.7. The molecule has 1 aromatic heterocycles. The summed E-state index contributed by atoms with van der Waals surface area (Å²) in [4.78, 5) is 24.7. The first-order valence-electron chi connectivity index (χ1n) is 9.96. The SMILES string of the molecule is COc1ccccc1OCC(=O)Nc1cccc(NC(=O)c2cc(CC(C)C)[nH]n2)c1. The number of anilines is 2. The van der Waals surface area contributed by atoms with E-state index in [1.807, 2.05) is 6.07 Å². The number of nitrogens with zero attached hydrogens (tertiary/aromatic N) is 1. The Kier molecular flexibility index (Phi) is 7.26. The number of hydrogen-bond acceptors (Lipinski definition) is 5. The van der Waals surface area contributed by atoms with Gasteiger partial charge in [-0.2, -0.15) is 5.10 Å². The summed E-state index contributed by atoms with van der Waals surface area (Å²) in [6.07, 6.45) is 0.818. The van der Waals surface area contributed by atoms with Crippen LogP contribution in [0.5, 0.6) is 11.5 Å². The number of aromatic amines is 1. The van der Waals surface area contributed by atoms with Crippen LogP contribution < -0.4 is 20.1 Å². The lowest BCUT2D eigenvalue weighted by Gasteiger charge is -2.11. The average Bonchev–Trinajstić information content (AvgIpc) is 3.20. The van der Waals surface area contributed by atoms with Crippen LogP contribution in [0, 0.1) is 5.92 Å². The van der Waals surface area contributed by atoms with Crippen LogP contribution in [0.4, 0.5) is 11.4 Å². The summed E-state index contributed by atoms with van der Waals surface area (Å²) in [5, 5.41) is 12.5. The second-order valence-electron chi connectivity index (χ2n) is 7.40. The number of rotatable bonds is 9. The lowest BCUT2D eigenvalue weighted by molar-refractivity contribution is -0.118. The molecule has 2 aromatic carbocycles. The van der Waals surface area contributed by atoms with E-state index in [2.05, 4.69) is 34.7 Å². The molecule has 0 fully saturated rings. The summed E-state index contributed by atoms with van der Waals surface area (Å²) in [5.74, 6) is 0.838. The van der Waals surface area contributed by atoms with Gasteiger partial charge in [0.2, 0.25) is 0 Å². The van der Waals surface area contributed by atoms with E-state index < -0.39 is 0 Å². The number of nitrogens with one attached hydrogen (secondary N) is 3. The maximum absolute atomic E-state index is 12.5. The molecule has 0 saturated heterocycles. The van der Waals surface area contributed by atoms with Gasteiger partial charge in [-0.1, -0.05) is 32.0 Å². The first-order valence-corrected chi connectivity index (χ1v) is 9.96. The number of ether oxygens (including phenoxy) is 2. The summed E-state index contributed by atoms with van der Waals surface area (Å²) in [6.45, 7) is 4.02. The van der Waals surface area contributed by atoms with Crippen LogP contribution >= 0.6 is 0 Å². The third kappa shape index (κ3) is 6.33. The molecule has 162 valence electrons. The molecule has 8 nitrogen and oxygen atoms in total. The van der Waals surface area contributed by atoms with Gasteiger partial charge < -0.3 is 20.1 Å². The van der Waals surface area contributed by atoms with Gasteiger partial charge in [0.15, 0.2) is 23.8 Å². The topological polar surface area (TPSA) is 105 Å². The molecule has 3 aromatic rings. The van der Waals surface area contributed by atoms with E-state index in [1.54, 1.807) is 48.5 Å². The largest absolute Gasteiger partial charge is 0.493 e. The molecule has 3 rings (SSSR count). The highest BCUT2D eigenvalue weighted by Gasteiger charge is 2.12. The van der Waals surface area contributed by atoms with E-state index in [0.29, 0.717) is 34.5 Å². The number of carbonyl (C=O) groups excluding carboxylic acids is 2. The van der Waals surface area contributed by atoms with E-state index >= 15 is 0 Å². The van der Waals surface area contributed by atoms with Gasteiger partial charge in [0.05, 0.1) is 7.11 Å². The van der Waals surface area contributed by atoms with E-state index in [1.165, 1.54) is 7.11 Å². The Hall–Kier alpha value is -3.81. The molecule has 31 heavy (non-hydrogen) atoms. The van der Waals surface area contributed by atoms with E-state index in [0.717, 1.165) is 12.1 Å². The number of carbonyl (C=O) groups is 2. The van der Waals surface area contributed by atoms with E-state index in [9.17, 15) is 9.59 Å². The van der Waals surface area contributed by atoms with Crippen molar-refractivity contribution in [1.82, 2.24) is 10.2 Å². The van der Waals surface area contributed by atoms with Crippen molar-refractivity contribution in [3.05, 3.63) is 66.0 Å². The fraction of sp³-hybridized carbons (Fsp3) is 0.261. The van der Waals surface area contributed by atoms with Crippen molar-refractivity contribution in [3.8, 4) is 11.5 Å². The molecule has 8 heteroatoms. The summed E-state index contributed by atoms with van der Waals surface area (Å²) in [5.41, 5.74) is 2.31. The molecule has 0 aliphatic rings. The maximum Gasteiger partial charge on any atom is 0.276 e. The Balaban J connectivity index is 1.56. The van der Waals surface area contributed by atoms with Gasteiger partial charge >= 0.3 is 0 Å². The number of H-pyrrole nitrogens is 1. The molecule has 0 spiro atoms. The Bertz CT molecular complexity index is 1050. The van der Waals surface area contributed by atoms with Gasteiger partial charge in [0.25, 0.3) is 11.8 Å². The molecule has 3 N–H and O–H groups in total. The van der Waals surface area contributed by atoms with Crippen LogP contribution in [0.25, 0.3) is 0 Å². The summed E-state index contributed by atoms with van der Waals surface area (Å²) >= 11 is 0. The van der Waals surface area contributed by atoms with Crippen LogP contribution in [0.3, 0.4) is 0 Å². The highest BCUT2D eigenvalue weighted by atomic mass is 16.5. The van der Waals surface area contributed by atoms with Crippen molar-refractivity contribution in [1.29, 1.82) is 0 Å². The minimum atomic E-state index is -0.333. The monoisotopic (exact) mass is 422 g/mol. The molecule has 0 unspecified atom stereocenters. The highest BCUT2D eigenvalue weighted by Crippen LogP contribution is 2.25. The third-order valence-electron chi connectivity index (χ3n) is 4.32. The van der Waals surface area contributed by atoms with Crippen LogP contribution in [0.2, 0.25) is 0 Å². The molecule has 0 saturated carbocycles. The molecule has 0 atom stereocenters. The van der Waals surface area contributed by atoms with Crippen LogP contribution in [-0.2, 0) is 11.2 Å². The van der Waals surface area contributed by atoms with Crippen molar-refractivity contribution >= 4 is 23.2 Å². The minimum Gasteiger partial charge on any atom is -0.493 e. The van der Waals surface area contributed by atoms with E-state index in [-0.39, 0.29) is 18.4 Å². The smallest absolute Gasteiger partial charge is 0.276 e. The first kappa shape index (κ1) is 21.9. The normalized spacial score (nSPS) is 10.6. The second-order valence-corrected chi connectivity index (χ2v) is 7.40. The lowest BCUT2D eigenvalue weighted by atomic mass is 10.1. The number of amides is 2. The second kappa shape index (κ2) is 10.3. The number of benzene rings is 2. The predicted octanol–water partition coefficient (Wildman–Crippen LogP) is 3.89. The quantitative estimate of drug-likeness (QED) is 0.485. The van der Waals surface area contributed by atoms with Crippen LogP contribution in [-0.4, -0.2) is 35.7 Å². The van der Waals surface area contributed by atoms with Gasteiger partial charge in [-0.25, -0.2) is 0 Å². The third-order valence-corrected chi connectivity index (χ3v) is 4.32. The van der Waals surface area contributed by atoms with Crippen molar-refractivity contribution in [2.75, 3.05) is 24.4 Å². The molecular weight excluding hydrogens is 396 g/mol. The molecule has 1 heterocycles. The van der Waals surface area contributed by atoms with Crippen molar-refractivity contribution in [2.24, 2.45) is 5.92 Å². The van der Waals surface area contributed by atoms with Gasteiger partial charge in [-0.05, 0) is 48.7 Å². The zero-order valence-electron chi connectivity index (χ0n) is 17.8. The minimum absolute atomic E-state index is 0.178. The molecule has 2 amide bonds. The Labute approximate surface area is 181 Å². The summed E-state index contributed by atoms with van der Waals surface area (Å²) in [7, 11) is 1.54. The van der Waals surface area contributed by atoms with Crippen molar-refractivity contribution in [3.63, 3.8) is 0 Å². The number of hydrogen-bond donors (Lipinski definition) is 3. The molecule has 0 bridgehead atoms. The lowest BCUT2D eigenvalue weighted by Crippen LogP contribution is -2.20. The Morgan fingerprint density at radius 1 is 1.00 bits per heavy atom. The van der Waals surface area contributed by atoms with Crippen molar-refractivity contribution in [2.45, 2.75) is 20.3 Å². The van der Waals surface area contributed by atoms with Gasteiger partial charge in [0, 0.05) is 17.1 Å². The molecule has 0 aliphatic carbocycles. The molecule has 0 radical (unpaired) electrons. The van der Waals surface area contributed by atoms with Gasteiger partial charge in [0.1, 0.15) is 0 Å². The van der Waals surface area contributed by atoms with Crippen LogP contribution in [0.1, 0.15) is 30.0 Å². The Morgan fingerprint density at radius 3 is 2.42 bits per heavy atom. The summed E-state index contributed by atoms with van der Waals surface area (Å²) < 4.78 is 10.7. The van der Waals surface area contributed by atoms with Gasteiger partial charge in [-0.3, -0.25) is 14.7 Å². The first-order chi connectivity index (χ1) is 14.9. The number of para-hydroxylation sites is 2. The zero-order valence-corrected chi connectivity index (χ0v) is 17.8. The fourth-order valence-corrected chi connectivity index (χ4v) is 2.97. The van der Waals surface area contributed by atoms with E-state index in [4.69, 9.17) is 9.47 Å². The number of methoxy groups -OCH3 is 1. The molecular formula is C23H26N4O4. The van der Waals surface area contributed by atoms with Crippen molar-refractivity contribution < 1.29 is 19.1 Å². The Morgan fingerprint density at radius 2 is 1.71 bits per heavy atom. The fourth-order valence-electron chi connectivity index (χ4n) is 2.97. The molecule has 0 aliphatic heterocycles. The number of aromatic nitrogens is 2. The maximum atomic E-state index is 12.5. The standard InChI is InChI=1S/C23H26N4O4/c1-15(2)11-18-13-19(27-26-18)23(29)25-17-8-6-7-16(12-17)24-22(28)14-31-21-10-5-4-9-20(21)30-3/h4-10,12-13,15H,11,14H2,1-3H3,(H,24,28)(H,25,29)(H,26,27). The van der Waals surface area contributed by atoms with Crippen LogP contribution in [0.15, 0.2) is 54.6 Å². The van der Waals surface area contributed by atoms with Gasteiger partial charge in [-0.15, -0.1) is 0 Å². The zero-order chi connectivity index (χ0) is 22.2.